The van der Waals surface area contributed by atoms with Gasteiger partial charge in [0.15, 0.2) is 15.0 Å². The molecule has 0 aromatic heterocycles. The number of benzene rings is 1. The molecule has 0 unspecified atom stereocenters. The van der Waals surface area contributed by atoms with Crippen molar-refractivity contribution in [3.63, 3.8) is 0 Å². The Hall–Kier alpha value is -0.760. The van der Waals surface area contributed by atoms with Gasteiger partial charge in [0.25, 0.3) is 5.91 Å². The third kappa shape index (κ3) is 3.70. The normalized spacial score (nSPS) is 27.5. The van der Waals surface area contributed by atoms with Crippen LogP contribution in [0.2, 0.25) is 10.0 Å². The number of nitrogens with zero attached hydrogens (tertiary/aromatic N) is 2. The van der Waals surface area contributed by atoms with Gasteiger partial charge in [-0.3, -0.25) is 4.79 Å². The number of carbonyl (C=O) groups is 1. The largest absolute Gasteiger partial charge is 0.314 e. The second-order valence-corrected chi connectivity index (χ2v) is 10.4. The van der Waals surface area contributed by atoms with Gasteiger partial charge in [0.05, 0.1) is 33.3 Å². The van der Waals surface area contributed by atoms with Crippen molar-refractivity contribution >= 4 is 61.6 Å². The number of halogens is 2. The van der Waals surface area contributed by atoms with Gasteiger partial charge in [0, 0.05) is 11.2 Å². The highest BCUT2D eigenvalue weighted by Gasteiger charge is 2.50. The molecule has 3 atom stereocenters. The van der Waals surface area contributed by atoms with Gasteiger partial charge in [-0.15, -0.1) is 0 Å². The van der Waals surface area contributed by atoms with Crippen LogP contribution in [0.5, 0.6) is 0 Å². The highest BCUT2D eigenvalue weighted by Crippen LogP contribution is 2.44. The van der Waals surface area contributed by atoms with Crippen LogP contribution in [0.25, 0.3) is 0 Å². The quantitative estimate of drug-likeness (QED) is 0.746. The molecule has 1 aromatic rings. The fraction of sp³-hybridized carbons (Fsp3) is 0.500. The number of fused-ring (bicyclic) bond motifs is 1. The van der Waals surface area contributed by atoms with Crippen molar-refractivity contribution in [2.75, 3.05) is 16.4 Å². The average molecular weight is 421 g/mol. The first-order chi connectivity index (χ1) is 11.7. The third-order valence-corrected chi connectivity index (χ3v) is 8.52. The first kappa shape index (κ1) is 19.0. The standard InChI is InChI=1S/C16H18Cl2N2O3S2/c1-3-9(2)15(21)19-16-20(11-6-4-5-10(17)14(11)18)12-7-25(22,23)8-13(12)24-16/h4-6,9,12-13H,3,7-8H2,1-2H3/t9-,12-,13-/m0/s1. The number of amidine groups is 1. The Balaban J connectivity index is 2.06. The Morgan fingerprint density at radius 2 is 2.12 bits per heavy atom. The number of rotatable bonds is 3. The maximum atomic E-state index is 12.3. The monoisotopic (exact) mass is 420 g/mol. The molecule has 2 saturated heterocycles. The smallest absolute Gasteiger partial charge is 0.250 e. The molecule has 5 nitrogen and oxygen atoms in total. The summed E-state index contributed by atoms with van der Waals surface area (Å²) in [5.41, 5.74) is 0.585. The fourth-order valence-corrected chi connectivity index (χ4v) is 7.20. The maximum absolute atomic E-state index is 12.3. The van der Waals surface area contributed by atoms with Crippen LogP contribution in [-0.2, 0) is 14.6 Å². The van der Waals surface area contributed by atoms with Gasteiger partial charge in [0.1, 0.15) is 0 Å². The van der Waals surface area contributed by atoms with Crippen LogP contribution in [0.1, 0.15) is 20.3 Å². The molecule has 0 aliphatic carbocycles. The van der Waals surface area contributed by atoms with Gasteiger partial charge < -0.3 is 4.90 Å². The van der Waals surface area contributed by atoms with Crippen molar-refractivity contribution < 1.29 is 13.2 Å². The van der Waals surface area contributed by atoms with Crippen molar-refractivity contribution in [2.45, 2.75) is 31.6 Å². The van der Waals surface area contributed by atoms with Crippen molar-refractivity contribution in [3.05, 3.63) is 28.2 Å². The summed E-state index contributed by atoms with van der Waals surface area (Å²) in [6.07, 6.45) is 0.694. The second kappa shape index (κ2) is 7.10. The van der Waals surface area contributed by atoms with Crippen LogP contribution in [-0.4, -0.2) is 42.3 Å². The fourth-order valence-electron chi connectivity index (χ4n) is 2.90. The second-order valence-electron chi connectivity index (χ2n) is 6.29. The number of thioether (sulfide) groups is 1. The van der Waals surface area contributed by atoms with Crippen LogP contribution < -0.4 is 4.90 Å². The minimum absolute atomic E-state index is 0.0179. The summed E-state index contributed by atoms with van der Waals surface area (Å²) in [4.78, 5) is 18.3. The molecule has 3 rings (SSSR count). The van der Waals surface area contributed by atoms with E-state index in [1.54, 1.807) is 23.1 Å². The lowest BCUT2D eigenvalue weighted by atomic mass is 10.1. The van der Waals surface area contributed by atoms with E-state index in [-0.39, 0.29) is 34.6 Å². The molecular weight excluding hydrogens is 403 g/mol. The Morgan fingerprint density at radius 3 is 2.80 bits per heavy atom. The lowest BCUT2D eigenvalue weighted by Gasteiger charge is -2.26. The van der Waals surface area contributed by atoms with Crippen LogP contribution in [0.15, 0.2) is 23.2 Å². The van der Waals surface area contributed by atoms with E-state index in [9.17, 15) is 13.2 Å². The predicted octanol–water partition coefficient (Wildman–Crippen LogP) is 3.64. The summed E-state index contributed by atoms with van der Waals surface area (Å²) in [6, 6.07) is 4.89. The minimum atomic E-state index is -3.12. The molecule has 0 bridgehead atoms. The van der Waals surface area contributed by atoms with Gasteiger partial charge in [-0.2, -0.15) is 4.99 Å². The Bertz CT molecular complexity index is 842. The molecule has 2 aliphatic heterocycles. The molecule has 2 fully saturated rings. The number of anilines is 1. The van der Waals surface area contributed by atoms with E-state index in [1.807, 2.05) is 13.8 Å². The molecule has 2 aliphatic rings. The number of aliphatic imine (C=N–C) groups is 1. The van der Waals surface area contributed by atoms with E-state index >= 15 is 0 Å². The lowest BCUT2D eigenvalue weighted by Crippen LogP contribution is -2.38. The number of hydrogen-bond acceptors (Lipinski definition) is 4. The summed E-state index contributed by atoms with van der Waals surface area (Å²) < 4.78 is 24.1. The van der Waals surface area contributed by atoms with E-state index in [0.29, 0.717) is 27.3 Å². The van der Waals surface area contributed by atoms with Crippen LogP contribution in [0, 0.1) is 5.92 Å². The van der Waals surface area contributed by atoms with Crippen LogP contribution >= 0.6 is 35.0 Å². The number of hydrogen-bond donors (Lipinski definition) is 0. The molecular formula is C16H18Cl2N2O3S2. The average Bonchev–Trinajstić information content (AvgIpc) is 3.00. The van der Waals surface area contributed by atoms with E-state index in [1.165, 1.54) is 11.8 Å². The molecule has 1 amide bonds. The highest BCUT2D eigenvalue weighted by molar-refractivity contribution is 8.16. The predicted molar refractivity (Wildman–Crippen MR) is 105 cm³/mol. The van der Waals surface area contributed by atoms with Crippen molar-refractivity contribution in [1.29, 1.82) is 0 Å². The SMILES string of the molecule is CC[C@H](C)C(=O)N=C1S[C@H]2CS(=O)(=O)C[C@@H]2N1c1cccc(Cl)c1Cl. The maximum Gasteiger partial charge on any atom is 0.250 e. The summed E-state index contributed by atoms with van der Waals surface area (Å²) in [7, 11) is -3.12. The third-order valence-electron chi connectivity index (χ3n) is 4.50. The summed E-state index contributed by atoms with van der Waals surface area (Å²) >= 11 is 13.8. The number of amides is 1. The highest BCUT2D eigenvalue weighted by atomic mass is 35.5. The molecule has 136 valence electrons. The van der Waals surface area contributed by atoms with Gasteiger partial charge >= 0.3 is 0 Å². The van der Waals surface area contributed by atoms with E-state index in [2.05, 4.69) is 4.99 Å². The van der Waals surface area contributed by atoms with Crippen molar-refractivity contribution in [2.24, 2.45) is 10.9 Å². The van der Waals surface area contributed by atoms with Gasteiger partial charge in [-0.1, -0.05) is 54.9 Å². The van der Waals surface area contributed by atoms with Crippen molar-refractivity contribution in [3.8, 4) is 0 Å². The molecule has 9 heteroatoms. The Kier molecular flexibility index (Phi) is 5.40. The van der Waals surface area contributed by atoms with Gasteiger partial charge in [-0.25, -0.2) is 8.42 Å². The molecule has 25 heavy (non-hydrogen) atoms. The van der Waals surface area contributed by atoms with E-state index in [0.717, 1.165) is 0 Å². The first-order valence-corrected chi connectivity index (χ1v) is 11.4. The first-order valence-electron chi connectivity index (χ1n) is 7.96. The molecule has 0 N–H and O–H groups in total. The van der Waals surface area contributed by atoms with Crippen LogP contribution in [0.3, 0.4) is 0 Å². The summed E-state index contributed by atoms with van der Waals surface area (Å²) in [6.45, 7) is 3.76. The minimum Gasteiger partial charge on any atom is -0.314 e. The number of carbonyl (C=O) groups excluding carboxylic acids is 1. The van der Waals surface area contributed by atoms with Crippen LogP contribution in [0.4, 0.5) is 5.69 Å². The zero-order valence-corrected chi connectivity index (χ0v) is 16.9. The van der Waals surface area contributed by atoms with E-state index in [4.69, 9.17) is 23.2 Å². The molecule has 1 aromatic carbocycles. The molecule has 0 saturated carbocycles. The topological polar surface area (TPSA) is 66.8 Å². The molecule has 2 heterocycles. The summed E-state index contributed by atoms with van der Waals surface area (Å²) in [5.74, 6) is -0.303. The zero-order chi connectivity index (χ0) is 18.4. The number of sulfone groups is 1. The zero-order valence-electron chi connectivity index (χ0n) is 13.8. The lowest BCUT2D eigenvalue weighted by molar-refractivity contribution is -0.121. The molecule has 0 radical (unpaired) electrons. The summed E-state index contributed by atoms with van der Waals surface area (Å²) in [5, 5.41) is 1.04. The molecule has 0 spiro atoms. The van der Waals surface area contributed by atoms with Crippen molar-refractivity contribution in [1.82, 2.24) is 0 Å². The Morgan fingerprint density at radius 1 is 1.40 bits per heavy atom. The van der Waals surface area contributed by atoms with Gasteiger partial charge in [0.2, 0.25) is 0 Å². The Labute approximate surface area is 161 Å². The van der Waals surface area contributed by atoms with Gasteiger partial charge in [-0.05, 0) is 18.6 Å². The van der Waals surface area contributed by atoms with E-state index < -0.39 is 9.84 Å².